The molecule has 0 atom stereocenters. The highest BCUT2D eigenvalue weighted by atomic mass is 16.5. The van der Waals surface area contributed by atoms with Crippen molar-refractivity contribution in [3.8, 4) is 34.5 Å². The van der Waals surface area contributed by atoms with Crippen LogP contribution in [0.2, 0.25) is 0 Å². The highest BCUT2D eigenvalue weighted by molar-refractivity contribution is 6.14. The molecular weight excluding hydrogens is 440 g/mol. The van der Waals surface area contributed by atoms with E-state index in [1.54, 1.807) is 25.3 Å². The van der Waals surface area contributed by atoms with Crippen LogP contribution < -0.4 is 28.4 Å². The maximum Gasteiger partial charge on any atom is 0.343 e. The lowest BCUT2D eigenvalue weighted by Gasteiger charge is -2.13. The first kappa shape index (κ1) is 22.7. The Morgan fingerprint density at radius 3 is 2.21 bits per heavy atom. The molecule has 0 aliphatic carbocycles. The van der Waals surface area contributed by atoms with Crippen LogP contribution in [-0.2, 0) is 0 Å². The smallest absolute Gasteiger partial charge is 0.343 e. The minimum atomic E-state index is -0.643. The molecule has 0 fully saturated rings. The maximum absolute atomic E-state index is 12.8. The first-order valence-corrected chi connectivity index (χ1v) is 10.2. The first-order chi connectivity index (χ1) is 16.5. The topological polar surface area (TPSA) is 89.5 Å². The maximum atomic E-state index is 12.8. The highest BCUT2D eigenvalue weighted by Gasteiger charge is 2.28. The Kier molecular flexibility index (Phi) is 6.40. The molecule has 0 aromatic heterocycles. The van der Waals surface area contributed by atoms with Crippen molar-refractivity contribution in [2.75, 3.05) is 28.4 Å². The summed E-state index contributed by atoms with van der Waals surface area (Å²) < 4.78 is 32.3. The molecule has 1 aliphatic heterocycles. The lowest BCUT2D eigenvalue weighted by atomic mass is 10.1. The molecule has 8 heteroatoms. The zero-order chi connectivity index (χ0) is 24.2. The van der Waals surface area contributed by atoms with Crippen LogP contribution in [0.25, 0.3) is 6.08 Å². The number of allylic oxidation sites excluding steroid dienone is 1. The minimum Gasteiger partial charge on any atom is -0.497 e. The van der Waals surface area contributed by atoms with Gasteiger partial charge in [-0.1, -0.05) is 12.1 Å². The summed E-state index contributed by atoms with van der Waals surface area (Å²) in [5.74, 6) is 1.45. The average molecular weight is 462 g/mol. The molecule has 1 aliphatic rings. The molecule has 0 bridgehead atoms. The molecule has 4 rings (SSSR count). The number of benzene rings is 3. The van der Waals surface area contributed by atoms with E-state index >= 15 is 0 Å². The van der Waals surface area contributed by atoms with Gasteiger partial charge in [0.1, 0.15) is 17.2 Å². The van der Waals surface area contributed by atoms with Crippen molar-refractivity contribution in [2.24, 2.45) is 0 Å². The molecule has 0 spiro atoms. The van der Waals surface area contributed by atoms with E-state index in [9.17, 15) is 9.59 Å². The van der Waals surface area contributed by atoms with E-state index in [0.29, 0.717) is 34.3 Å². The predicted molar refractivity (Wildman–Crippen MR) is 123 cm³/mol. The van der Waals surface area contributed by atoms with Crippen LogP contribution in [0.3, 0.4) is 0 Å². The Labute approximate surface area is 196 Å². The third-order valence-corrected chi connectivity index (χ3v) is 5.14. The number of ether oxygens (including phenoxy) is 6. The van der Waals surface area contributed by atoms with Crippen molar-refractivity contribution in [3.05, 3.63) is 77.0 Å². The number of hydrogen-bond acceptors (Lipinski definition) is 8. The Morgan fingerprint density at radius 2 is 1.56 bits per heavy atom. The summed E-state index contributed by atoms with van der Waals surface area (Å²) in [5, 5.41) is 0. The average Bonchev–Trinajstić information content (AvgIpc) is 3.17. The van der Waals surface area contributed by atoms with Gasteiger partial charge in [-0.05, 0) is 48.0 Å². The summed E-state index contributed by atoms with van der Waals surface area (Å²) >= 11 is 0. The van der Waals surface area contributed by atoms with Gasteiger partial charge in [-0.3, -0.25) is 4.79 Å². The summed E-state index contributed by atoms with van der Waals surface area (Å²) in [7, 11) is 5.96. The van der Waals surface area contributed by atoms with E-state index in [-0.39, 0.29) is 22.9 Å². The molecule has 174 valence electrons. The van der Waals surface area contributed by atoms with Crippen molar-refractivity contribution in [1.29, 1.82) is 0 Å². The Morgan fingerprint density at radius 1 is 0.824 bits per heavy atom. The van der Waals surface area contributed by atoms with Gasteiger partial charge in [-0.25, -0.2) is 4.79 Å². The van der Waals surface area contributed by atoms with Crippen LogP contribution in [0.5, 0.6) is 34.5 Å². The van der Waals surface area contributed by atoms with Crippen molar-refractivity contribution in [1.82, 2.24) is 0 Å². The second-order valence-corrected chi connectivity index (χ2v) is 7.18. The van der Waals surface area contributed by atoms with Gasteiger partial charge in [0.15, 0.2) is 17.3 Å². The SMILES string of the molecule is COc1cccc(/C=C2\Oc3cc(OC(=O)c4cc(OC)c(OC)c(OC)c4)ccc3C2=O)c1. The van der Waals surface area contributed by atoms with Gasteiger partial charge < -0.3 is 28.4 Å². The number of fused-ring (bicyclic) bond motifs is 1. The quantitative estimate of drug-likeness (QED) is 0.287. The molecular formula is C26H22O8. The predicted octanol–water partition coefficient (Wildman–Crippen LogP) is 4.56. The van der Waals surface area contributed by atoms with Gasteiger partial charge in [-0.15, -0.1) is 0 Å². The van der Waals surface area contributed by atoms with Crippen LogP contribution in [0.15, 0.2) is 60.4 Å². The third-order valence-electron chi connectivity index (χ3n) is 5.14. The first-order valence-electron chi connectivity index (χ1n) is 10.2. The standard InChI is InChI=1S/C26H22O8/c1-29-17-7-5-6-15(10-17)11-21-24(27)19-9-8-18(14-20(19)34-21)33-26(28)16-12-22(30-2)25(32-4)23(13-16)31-3/h5-14H,1-4H3/b21-11-. The monoisotopic (exact) mass is 462 g/mol. The lowest BCUT2D eigenvalue weighted by Crippen LogP contribution is -2.09. The van der Waals surface area contributed by atoms with Crippen molar-refractivity contribution in [3.63, 3.8) is 0 Å². The molecule has 3 aromatic carbocycles. The second-order valence-electron chi connectivity index (χ2n) is 7.18. The number of Topliss-reactive ketones (excluding diaryl/α,β-unsaturated/α-hetero) is 1. The van der Waals surface area contributed by atoms with Crippen molar-refractivity contribution in [2.45, 2.75) is 0 Å². The van der Waals surface area contributed by atoms with Crippen LogP contribution in [-0.4, -0.2) is 40.2 Å². The van der Waals surface area contributed by atoms with Crippen LogP contribution in [0, 0.1) is 0 Å². The Hall–Kier alpha value is -4.46. The summed E-state index contributed by atoms with van der Waals surface area (Å²) in [6, 6.07) is 14.8. The van der Waals surface area contributed by atoms with Gasteiger partial charge >= 0.3 is 5.97 Å². The van der Waals surface area contributed by atoms with Gasteiger partial charge in [0.2, 0.25) is 11.5 Å². The summed E-state index contributed by atoms with van der Waals surface area (Å²) in [4.78, 5) is 25.5. The number of methoxy groups -OCH3 is 4. The molecule has 3 aromatic rings. The van der Waals surface area contributed by atoms with Gasteiger partial charge in [-0.2, -0.15) is 0 Å². The molecule has 0 amide bonds. The second kappa shape index (κ2) is 9.58. The fraction of sp³-hybridized carbons (Fsp3) is 0.154. The number of hydrogen-bond donors (Lipinski definition) is 0. The number of rotatable bonds is 7. The van der Waals surface area contributed by atoms with Gasteiger partial charge in [0, 0.05) is 6.07 Å². The molecule has 34 heavy (non-hydrogen) atoms. The Bertz CT molecular complexity index is 1270. The largest absolute Gasteiger partial charge is 0.497 e. The van der Waals surface area contributed by atoms with Crippen molar-refractivity contribution < 1.29 is 38.0 Å². The summed E-state index contributed by atoms with van der Waals surface area (Å²) in [6.07, 6.45) is 1.63. The zero-order valence-corrected chi connectivity index (χ0v) is 19.0. The van der Waals surface area contributed by atoms with E-state index in [0.717, 1.165) is 5.56 Å². The molecule has 0 unspecified atom stereocenters. The normalized spacial score (nSPS) is 13.2. The van der Waals surface area contributed by atoms with Crippen LogP contribution in [0.1, 0.15) is 26.3 Å². The number of carbonyl (C=O) groups is 2. The molecule has 0 N–H and O–H groups in total. The van der Waals surface area contributed by atoms with E-state index in [4.69, 9.17) is 28.4 Å². The Balaban J connectivity index is 1.56. The number of esters is 1. The van der Waals surface area contributed by atoms with E-state index < -0.39 is 5.97 Å². The number of carbonyl (C=O) groups excluding carboxylic acids is 2. The summed E-state index contributed by atoms with van der Waals surface area (Å²) in [6.45, 7) is 0. The molecule has 8 nitrogen and oxygen atoms in total. The molecule has 1 heterocycles. The third kappa shape index (κ3) is 4.38. The van der Waals surface area contributed by atoms with Crippen LogP contribution in [0.4, 0.5) is 0 Å². The van der Waals surface area contributed by atoms with E-state index in [1.807, 2.05) is 18.2 Å². The highest BCUT2D eigenvalue weighted by Crippen LogP contribution is 2.39. The lowest BCUT2D eigenvalue weighted by molar-refractivity contribution is 0.0733. The van der Waals surface area contributed by atoms with Crippen LogP contribution >= 0.6 is 0 Å². The van der Waals surface area contributed by atoms with E-state index in [2.05, 4.69) is 0 Å². The minimum absolute atomic E-state index is 0.163. The van der Waals surface area contributed by atoms with Gasteiger partial charge in [0.05, 0.1) is 39.6 Å². The number of ketones is 1. The fourth-order valence-electron chi connectivity index (χ4n) is 3.48. The van der Waals surface area contributed by atoms with Crippen molar-refractivity contribution >= 4 is 17.8 Å². The zero-order valence-electron chi connectivity index (χ0n) is 19.0. The van der Waals surface area contributed by atoms with E-state index in [1.165, 1.54) is 45.6 Å². The molecule has 0 saturated heterocycles. The molecule has 0 radical (unpaired) electrons. The fourth-order valence-corrected chi connectivity index (χ4v) is 3.48. The van der Waals surface area contributed by atoms with Gasteiger partial charge in [0.25, 0.3) is 0 Å². The summed E-state index contributed by atoms with van der Waals surface area (Å²) in [5.41, 5.74) is 1.33. The molecule has 0 saturated carbocycles.